The van der Waals surface area contributed by atoms with Crippen LogP contribution in [0, 0.1) is 0 Å². The standard InChI is InChI=1S/C20H23N7O/c1-2-3-7-19(28)26-12-5-11-25(13-14-26)18-9-8-17-22-23-20(27(17)24-18)16-6-4-10-21-15-16/h2,4,6,8-10,15H,1,3,5,7,11-14H2. The molecule has 1 fully saturated rings. The maximum atomic E-state index is 12.3. The lowest BCUT2D eigenvalue weighted by molar-refractivity contribution is -0.130. The molecule has 8 heteroatoms. The fourth-order valence-electron chi connectivity index (χ4n) is 3.40. The third-order valence-corrected chi connectivity index (χ3v) is 4.90. The van der Waals surface area contributed by atoms with Crippen molar-refractivity contribution in [3.05, 3.63) is 49.3 Å². The van der Waals surface area contributed by atoms with Crippen LogP contribution >= 0.6 is 0 Å². The highest BCUT2D eigenvalue weighted by molar-refractivity contribution is 5.76. The Morgan fingerprint density at radius 3 is 2.89 bits per heavy atom. The Morgan fingerprint density at radius 1 is 1.14 bits per heavy atom. The average Bonchev–Trinajstić information content (AvgIpc) is 3.00. The molecule has 0 aromatic carbocycles. The maximum absolute atomic E-state index is 12.3. The first kappa shape index (κ1) is 18.1. The van der Waals surface area contributed by atoms with Gasteiger partial charge in [-0.2, -0.15) is 4.52 Å². The van der Waals surface area contributed by atoms with E-state index in [1.54, 1.807) is 23.0 Å². The number of carbonyl (C=O) groups is 1. The number of anilines is 1. The first-order chi connectivity index (χ1) is 13.8. The van der Waals surface area contributed by atoms with Gasteiger partial charge in [-0.15, -0.1) is 21.9 Å². The average molecular weight is 377 g/mol. The predicted molar refractivity (Wildman–Crippen MR) is 107 cm³/mol. The van der Waals surface area contributed by atoms with Gasteiger partial charge in [0.05, 0.1) is 0 Å². The van der Waals surface area contributed by atoms with Gasteiger partial charge >= 0.3 is 0 Å². The molecule has 1 aliphatic heterocycles. The lowest BCUT2D eigenvalue weighted by Crippen LogP contribution is -2.35. The summed E-state index contributed by atoms with van der Waals surface area (Å²) in [5.74, 6) is 1.72. The molecule has 1 aliphatic rings. The number of hydrogen-bond donors (Lipinski definition) is 0. The summed E-state index contributed by atoms with van der Waals surface area (Å²) in [6.07, 6.45) is 7.44. The quantitative estimate of drug-likeness (QED) is 0.634. The van der Waals surface area contributed by atoms with E-state index in [1.165, 1.54) is 0 Å². The van der Waals surface area contributed by atoms with Crippen LogP contribution in [-0.2, 0) is 4.79 Å². The molecule has 0 atom stereocenters. The normalized spacial score (nSPS) is 14.9. The molecule has 144 valence electrons. The second kappa shape index (κ2) is 8.16. The van der Waals surface area contributed by atoms with E-state index in [1.807, 2.05) is 29.2 Å². The van der Waals surface area contributed by atoms with Gasteiger partial charge in [0.15, 0.2) is 11.5 Å². The van der Waals surface area contributed by atoms with Crippen LogP contribution in [0.15, 0.2) is 49.3 Å². The van der Waals surface area contributed by atoms with E-state index < -0.39 is 0 Å². The van der Waals surface area contributed by atoms with Gasteiger partial charge < -0.3 is 9.80 Å². The Bertz CT molecular complexity index is 969. The number of aromatic nitrogens is 5. The molecule has 0 unspecified atom stereocenters. The van der Waals surface area contributed by atoms with Crippen molar-refractivity contribution in [2.75, 3.05) is 31.1 Å². The van der Waals surface area contributed by atoms with Crippen molar-refractivity contribution < 1.29 is 4.79 Å². The Labute approximate surface area is 163 Å². The van der Waals surface area contributed by atoms with Crippen LogP contribution in [0.25, 0.3) is 17.0 Å². The highest BCUT2D eigenvalue weighted by Gasteiger charge is 2.20. The fraction of sp³-hybridized carbons (Fsp3) is 0.350. The molecule has 0 radical (unpaired) electrons. The van der Waals surface area contributed by atoms with Gasteiger partial charge in [0.25, 0.3) is 0 Å². The van der Waals surface area contributed by atoms with Crippen molar-refractivity contribution in [1.29, 1.82) is 0 Å². The first-order valence-electron chi connectivity index (χ1n) is 9.53. The van der Waals surface area contributed by atoms with Crippen molar-refractivity contribution in [3.63, 3.8) is 0 Å². The van der Waals surface area contributed by atoms with E-state index in [-0.39, 0.29) is 5.91 Å². The molecule has 0 spiro atoms. The number of rotatable bonds is 5. The van der Waals surface area contributed by atoms with Crippen LogP contribution in [0.5, 0.6) is 0 Å². The SMILES string of the molecule is C=CCCC(=O)N1CCCN(c2ccc3nnc(-c4cccnc4)n3n2)CC1. The maximum Gasteiger partial charge on any atom is 0.222 e. The molecule has 8 nitrogen and oxygen atoms in total. The number of fused-ring (bicyclic) bond motifs is 1. The molecule has 1 saturated heterocycles. The minimum atomic E-state index is 0.197. The Balaban J connectivity index is 1.54. The number of carbonyl (C=O) groups excluding carboxylic acids is 1. The summed E-state index contributed by atoms with van der Waals surface area (Å²) in [6.45, 7) is 6.78. The second-order valence-electron chi connectivity index (χ2n) is 6.78. The topological polar surface area (TPSA) is 79.5 Å². The molecule has 3 aromatic rings. The highest BCUT2D eigenvalue weighted by Crippen LogP contribution is 2.20. The monoisotopic (exact) mass is 377 g/mol. The van der Waals surface area contributed by atoms with Crippen LogP contribution < -0.4 is 4.90 Å². The van der Waals surface area contributed by atoms with Gasteiger partial charge in [-0.1, -0.05) is 6.08 Å². The third-order valence-electron chi connectivity index (χ3n) is 4.90. The van der Waals surface area contributed by atoms with E-state index in [0.29, 0.717) is 24.4 Å². The molecule has 0 saturated carbocycles. The summed E-state index contributed by atoms with van der Waals surface area (Å²) in [6, 6.07) is 7.70. The summed E-state index contributed by atoms with van der Waals surface area (Å²) >= 11 is 0. The van der Waals surface area contributed by atoms with Crippen molar-refractivity contribution in [2.24, 2.45) is 0 Å². The Hall–Kier alpha value is -3.29. The molecule has 4 rings (SSSR count). The number of pyridine rings is 1. The largest absolute Gasteiger partial charge is 0.353 e. The number of allylic oxidation sites excluding steroid dienone is 1. The fourth-order valence-corrected chi connectivity index (χ4v) is 3.40. The van der Waals surface area contributed by atoms with E-state index in [2.05, 4.69) is 26.7 Å². The van der Waals surface area contributed by atoms with Gasteiger partial charge in [-0.3, -0.25) is 9.78 Å². The number of hydrogen-bond acceptors (Lipinski definition) is 6. The van der Waals surface area contributed by atoms with E-state index in [9.17, 15) is 4.79 Å². The molecular weight excluding hydrogens is 354 g/mol. The van der Waals surface area contributed by atoms with Crippen molar-refractivity contribution in [2.45, 2.75) is 19.3 Å². The Kier molecular flexibility index (Phi) is 5.27. The van der Waals surface area contributed by atoms with E-state index >= 15 is 0 Å². The van der Waals surface area contributed by atoms with Gasteiger partial charge in [0, 0.05) is 50.6 Å². The smallest absolute Gasteiger partial charge is 0.222 e. The number of amides is 1. The van der Waals surface area contributed by atoms with Crippen LogP contribution in [0.3, 0.4) is 0 Å². The first-order valence-corrected chi connectivity index (χ1v) is 9.53. The van der Waals surface area contributed by atoms with Crippen molar-refractivity contribution in [1.82, 2.24) is 29.7 Å². The lowest BCUT2D eigenvalue weighted by atomic mass is 10.2. The van der Waals surface area contributed by atoms with Gasteiger partial charge in [-0.05, 0) is 37.1 Å². The lowest BCUT2D eigenvalue weighted by Gasteiger charge is -2.22. The molecule has 4 heterocycles. The zero-order valence-corrected chi connectivity index (χ0v) is 15.7. The molecule has 0 bridgehead atoms. The molecule has 1 amide bonds. The minimum Gasteiger partial charge on any atom is -0.353 e. The summed E-state index contributed by atoms with van der Waals surface area (Å²) in [7, 11) is 0. The summed E-state index contributed by atoms with van der Waals surface area (Å²) in [4.78, 5) is 20.6. The molecule has 0 aliphatic carbocycles. The zero-order chi connectivity index (χ0) is 19.3. The van der Waals surface area contributed by atoms with Crippen molar-refractivity contribution in [3.8, 4) is 11.4 Å². The summed E-state index contributed by atoms with van der Waals surface area (Å²) < 4.78 is 1.75. The van der Waals surface area contributed by atoms with Crippen LogP contribution in [0.4, 0.5) is 5.82 Å². The van der Waals surface area contributed by atoms with Crippen LogP contribution in [0.1, 0.15) is 19.3 Å². The summed E-state index contributed by atoms with van der Waals surface area (Å²) in [5.41, 5.74) is 1.56. The third kappa shape index (κ3) is 3.71. The van der Waals surface area contributed by atoms with Gasteiger partial charge in [0.1, 0.15) is 5.82 Å². The molecule has 28 heavy (non-hydrogen) atoms. The Morgan fingerprint density at radius 2 is 2.07 bits per heavy atom. The van der Waals surface area contributed by atoms with Gasteiger partial charge in [0.2, 0.25) is 5.91 Å². The van der Waals surface area contributed by atoms with Crippen LogP contribution in [0.2, 0.25) is 0 Å². The predicted octanol–water partition coefficient (Wildman–Crippen LogP) is 2.19. The number of nitrogens with zero attached hydrogens (tertiary/aromatic N) is 7. The van der Waals surface area contributed by atoms with Crippen LogP contribution in [-0.4, -0.2) is 61.8 Å². The molecule has 0 N–H and O–H groups in total. The molecular formula is C20H23N7O. The zero-order valence-electron chi connectivity index (χ0n) is 15.7. The molecule has 3 aromatic heterocycles. The van der Waals surface area contributed by atoms with E-state index in [4.69, 9.17) is 5.10 Å². The van der Waals surface area contributed by atoms with Crippen molar-refractivity contribution >= 4 is 17.4 Å². The van der Waals surface area contributed by atoms with Gasteiger partial charge in [-0.25, -0.2) is 0 Å². The summed E-state index contributed by atoms with van der Waals surface area (Å²) in [5, 5.41) is 13.2. The van der Waals surface area contributed by atoms with E-state index in [0.717, 1.165) is 43.9 Å². The highest BCUT2D eigenvalue weighted by atomic mass is 16.2. The minimum absolute atomic E-state index is 0.197. The second-order valence-corrected chi connectivity index (χ2v) is 6.78.